The third kappa shape index (κ3) is 5.79. The average molecular weight is 528 g/mol. The lowest BCUT2D eigenvalue weighted by Crippen LogP contribution is -2.12. The second-order valence-electron chi connectivity index (χ2n) is 7.73. The zero-order valence-electron chi connectivity index (χ0n) is 18.3. The van der Waals surface area contributed by atoms with Crippen LogP contribution >= 0.6 is 11.3 Å². The monoisotopic (exact) mass is 527 g/mol. The molecule has 0 unspecified atom stereocenters. The first-order chi connectivity index (χ1) is 16.6. The van der Waals surface area contributed by atoms with Crippen LogP contribution in [0.5, 0.6) is 0 Å². The van der Waals surface area contributed by atoms with Gasteiger partial charge in [0.05, 0.1) is 15.4 Å². The largest absolute Gasteiger partial charge is 0.478 e. The van der Waals surface area contributed by atoms with E-state index in [-0.39, 0.29) is 19.6 Å². The van der Waals surface area contributed by atoms with Gasteiger partial charge in [0.1, 0.15) is 4.21 Å². The molecule has 0 atom stereocenters. The van der Waals surface area contributed by atoms with Crippen LogP contribution in [-0.4, -0.2) is 27.9 Å². The highest BCUT2D eigenvalue weighted by Crippen LogP contribution is 2.29. The standard InChI is InChI=1S/C25H21NO6S3/c27-25(28)20-13-11-18(12-14-20)9-10-19-5-4-6-21(15-19)26-35(31,32)24-16-23(17-33-24)34(29,30)22-7-2-1-3-8-22/h1-8,11-17,26H,9-10H2,(H,27,28). The minimum atomic E-state index is -3.98. The van der Waals surface area contributed by atoms with E-state index in [2.05, 4.69) is 4.72 Å². The molecule has 3 aromatic carbocycles. The summed E-state index contributed by atoms with van der Waals surface area (Å²) in [5.74, 6) is -0.980. The highest BCUT2D eigenvalue weighted by Gasteiger charge is 2.24. The molecule has 1 aromatic heterocycles. The lowest BCUT2D eigenvalue weighted by atomic mass is 10.0. The van der Waals surface area contributed by atoms with Crippen molar-refractivity contribution in [2.45, 2.75) is 26.8 Å². The van der Waals surface area contributed by atoms with Gasteiger partial charge in [-0.05, 0) is 66.4 Å². The van der Waals surface area contributed by atoms with E-state index in [4.69, 9.17) is 5.11 Å². The molecule has 4 aromatic rings. The van der Waals surface area contributed by atoms with Crippen LogP contribution in [0.1, 0.15) is 21.5 Å². The Morgan fingerprint density at radius 2 is 1.46 bits per heavy atom. The Hall–Kier alpha value is -3.47. The molecule has 0 fully saturated rings. The van der Waals surface area contributed by atoms with Crippen molar-refractivity contribution in [3.05, 3.63) is 107 Å². The molecule has 35 heavy (non-hydrogen) atoms. The number of aryl methyl sites for hydroxylation is 2. The van der Waals surface area contributed by atoms with E-state index in [0.717, 1.165) is 22.5 Å². The van der Waals surface area contributed by atoms with Crippen LogP contribution in [0.2, 0.25) is 0 Å². The number of benzene rings is 3. The number of hydrogen-bond donors (Lipinski definition) is 2. The topological polar surface area (TPSA) is 118 Å². The van der Waals surface area contributed by atoms with E-state index >= 15 is 0 Å². The van der Waals surface area contributed by atoms with Crippen LogP contribution in [0.25, 0.3) is 0 Å². The number of hydrogen-bond acceptors (Lipinski definition) is 6. The van der Waals surface area contributed by atoms with E-state index in [0.29, 0.717) is 18.5 Å². The van der Waals surface area contributed by atoms with Crippen LogP contribution in [0.15, 0.2) is 104 Å². The Bertz CT molecular complexity index is 1560. The van der Waals surface area contributed by atoms with Gasteiger partial charge >= 0.3 is 5.97 Å². The van der Waals surface area contributed by atoms with Crippen molar-refractivity contribution >= 4 is 42.9 Å². The van der Waals surface area contributed by atoms with Gasteiger partial charge in [-0.15, -0.1) is 11.3 Å². The average Bonchev–Trinajstić information content (AvgIpc) is 3.36. The maximum Gasteiger partial charge on any atom is 0.335 e. The van der Waals surface area contributed by atoms with E-state index in [1.54, 1.807) is 60.7 Å². The summed E-state index contributed by atoms with van der Waals surface area (Å²) in [7, 11) is -7.80. The molecule has 0 bridgehead atoms. The molecule has 0 spiro atoms. The molecule has 0 aliphatic carbocycles. The first kappa shape index (κ1) is 24.6. The number of sulfone groups is 1. The molecular formula is C25H21NO6S3. The smallest absolute Gasteiger partial charge is 0.335 e. The SMILES string of the molecule is O=C(O)c1ccc(CCc2cccc(NS(=O)(=O)c3cc(S(=O)(=O)c4ccccc4)cs3)c2)cc1. The summed E-state index contributed by atoms with van der Waals surface area (Å²) in [5, 5.41) is 10.3. The number of anilines is 1. The minimum absolute atomic E-state index is 0.0725. The Morgan fingerprint density at radius 1 is 0.771 bits per heavy atom. The Kier molecular flexibility index (Phi) is 7.06. The highest BCUT2D eigenvalue weighted by atomic mass is 32.2. The highest BCUT2D eigenvalue weighted by molar-refractivity contribution is 7.95. The fourth-order valence-corrected chi connectivity index (χ4v) is 7.37. The molecule has 7 nitrogen and oxygen atoms in total. The first-order valence-electron chi connectivity index (χ1n) is 10.5. The molecule has 2 N–H and O–H groups in total. The van der Waals surface area contributed by atoms with Gasteiger partial charge in [-0.3, -0.25) is 4.72 Å². The lowest BCUT2D eigenvalue weighted by Gasteiger charge is -2.09. The normalized spacial score (nSPS) is 11.8. The summed E-state index contributed by atoms with van der Waals surface area (Å²) in [6.45, 7) is 0. The summed E-state index contributed by atoms with van der Waals surface area (Å²) < 4.78 is 53.8. The van der Waals surface area contributed by atoms with E-state index in [1.165, 1.54) is 23.6 Å². The number of carboxylic acids is 1. The number of carboxylic acid groups (broad SMARTS) is 1. The Labute approximate surface area is 207 Å². The minimum Gasteiger partial charge on any atom is -0.478 e. The van der Waals surface area contributed by atoms with Gasteiger partial charge in [0, 0.05) is 11.1 Å². The number of aromatic carboxylic acids is 1. The zero-order valence-corrected chi connectivity index (χ0v) is 20.7. The molecule has 1 heterocycles. The molecule has 0 saturated heterocycles. The van der Waals surface area contributed by atoms with E-state index < -0.39 is 25.8 Å². The summed E-state index contributed by atoms with van der Waals surface area (Å²) >= 11 is 0.841. The predicted molar refractivity (Wildman–Crippen MR) is 134 cm³/mol. The van der Waals surface area contributed by atoms with Crippen LogP contribution < -0.4 is 4.72 Å². The van der Waals surface area contributed by atoms with Crippen molar-refractivity contribution in [3.63, 3.8) is 0 Å². The van der Waals surface area contributed by atoms with Gasteiger partial charge in [0.2, 0.25) is 9.84 Å². The summed E-state index contributed by atoms with van der Waals surface area (Å²) in [6, 6.07) is 22.6. The molecule has 4 rings (SSSR count). The zero-order chi connectivity index (χ0) is 25.1. The third-order valence-corrected chi connectivity index (χ3v) is 9.98. The van der Waals surface area contributed by atoms with Crippen molar-refractivity contribution < 1.29 is 26.7 Å². The molecule has 0 saturated carbocycles. The Morgan fingerprint density at radius 3 is 2.14 bits per heavy atom. The summed E-state index contributed by atoms with van der Waals surface area (Å²) in [4.78, 5) is 11.0. The van der Waals surface area contributed by atoms with Crippen molar-refractivity contribution in [2.24, 2.45) is 0 Å². The fraction of sp³-hybridized carbons (Fsp3) is 0.0800. The van der Waals surface area contributed by atoms with Gasteiger partial charge in [0.15, 0.2) is 0 Å². The predicted octanol–water partition coefficient (Wildman–Crippen LogP) is 4.87. The van der Waals surface area contributed by atoms with Crippen LogP contribution in [0.3, 0.4) is 0 Å². The molecule has 0 radical (unpaired) electrons. The molecule has 0 aliphatic rings. The number of rotatable bonds is 9. The van der Waals surface area contributed by atoms with Crippen LogP contribution in [-0.2, 0) is 32.7 Å². The maximum absolute atomic E-state index is 12.9. The molecule has 0 aliphatic heterocycles. The van der Waals surface area contributed by atoms with E-state index in [1.807, 2.05) is 6.07 Å². The summed E-state index contributed by atoms with van der Waals surface area (Å²) in [6.07, 6.45) is 1.28. The third-order valence-electron chi connectivity index (χ3n) is 5.26. The van der Waals surface area contributed by atoms with Crippen molar-refractivity contribution in [1.29, 1.82) is 0 Å². The fourth-order valence-electron chi connectivity index (χ4n) is 3.42. The maximum atomic E-state index is 12.9. The van der Waals surface area contributed by atoms with Crippen molar-refractivity contribution in [1.82, 2.24) is 0 Å². The molecule has 10 heteroatoms. The number of nitrogens with one attached hydrogen (secondary N) is 1. The molecular weight excluding hydrogens is 506 g/mol. The Balaban J connectivity index is 1.47. The van der Waals surface area contributed by atoms with Gasteiger partial charge in [0.25, 0.3) is 10.0 Å². The second-order valence-corrected chi connectivity index (χ2v) is 12.5. The molecule has 0 amide bonds. The van der Waals surface area contributed by atoms with Crippen LogP contribution in [0, 0.1) is 0 Å². The van der Waals surface area contributed by atoms with Crippen LogP contribution in [0.4, 0.5) is 5.69 Å². The van der Waals surface area contributed by atoms with Crippen molar-refractivity contribution in [2.75, 3.05) is 4.72 Å². The molecule has 180 valence electrons. The number of thiophene rings is 1. The first-order valence-corrected chi connectivity index (χ1v) is 14.3. The van der Waals surface area contributed by atoms with Crippen molar-refractivity contribution in [3.8, 4) is 0 Å². The van der Waals surface area contributed by atoms with Gasteiger partial charge in [-0.25, -0.2) is 21.6 Å². The van der Waals surface area contributed by atoms with E-state index in [9.17, 15) is 21.6 Å². The lowest BCUT2D eigenvalue weighted by molar-refractivity contribution is 0.0697. The van der Waals surface area contributed by atoms with Gasteiger partial charge in [-0.1, -0.05) is 42.5 Å². The van der Waals surface area contributed by atoms with Gasteiger partial charge < -0.3 is 5.11 Å². The number of sulfonamides is 1. The number of carbonyl (C=O) groups is 1. The quantitative estimate of drug-likeness (QED) is 0.321. The summed E-state index contributed by atoms with van der Waals surface area (Å²) in [5.41, 5.74) is 2.45. The van der Waals surface area contributed by atoms with Gasteiger partial charge in [-0.2, -0.15) is 0 Å². The second kappa shape index (κ2) is 10.0.